The van der Waals surface area contributed by atoms with Crippen LogP contribution in [-0.4, -0.2) is 33.7 Å². The SMILES string of the molecule is NC(=O)C1CCN(Cc2cn(Cc3ccccc3)nc2-c2cc3ccccc3o2)CC1. The highest BCUT2D eigenvalue weighted by atomic mass is 16.3. The summed E-state index contributed by atoms with van der Waals surface area (Å²) in [4.78, 5) is 13.9. The van der Waals surface area contributed by atoms with Crippen molar-refractivity contribution in [2.75, 3.05) is 13.1 Å². The largest absolute Gasteiger partial charge is 0.454 e. The molecule has 158 valence electrons. The lowest BCUT2D eigenvalue weighted by Crippen LogP contribution is -2.38. The zero-order chi connectivity index (χ0) is 21.2. The molecule has 3 heterocycles. The molecule has 0 bridgehead atoms. The number of amides is 1. The summed E-state index contributed by atoms with van der Waals surface area (Å²) in [6.45, 7) is 3.19. The second kappa shape index (κ2) is 8.40. The van der Waals surface area contributed by atoms with E-state index in [9.17, 15) is 4.79 Å². The molecule has 6 heteroatoms. The fraction of sp³-hybridized carbons (Fsp3) is 0.280. The Bertz CT molecular complexity index is 1150. The van der Waals surface area contributed by atoms with Crippen molar-refractivity contribution in [2.24, 2.45) is 11.7 Å². The molecule has 0 radical (unpaired) electrons. The van der Waals surface area contributed by atoms with Crippen LogP contribution in [-0.2, 0) is 17.9 Å². The van der Waals surface area contributed by atoms with Crippen LogP contribution in [0.2, 0.25) is 0 Å². The third-order valence-electron chi connectivity index (χ3n) is 6.07. The first-order valence-electron chi connectivity index (χ1n) is 10.8. The maximum Gasteiger partial charge on any atom is 0.220 e. The molecule has 1 aliphatic heterocycles. The first-order chi connectivity index (χ1) is 15.2. The lowest BCUT2D eigenvalue weighted by Gasteiger charge is -2.30. The van der Waals surface area contributed by atoms with E-state index in [1.807, 2.05) is 41.1 Å². The van der Waals surface area contributed by atoms with Crippen LogP contribution in [0.5, 0.6) is 0 Å². The number of hydrogen-bond donors (Lipinski definition) is 1. The average molecular weight is 415 g/mol. The van der Waals surface area contributed by atoms with E-state index in [0.29, 0.717) is 6.54 Å². The Morgan fingerprint density at radius 3 is 2.52 bits per heavy atom. The quantitative estimate of drug-likeness (QED) is 0.517. The summed E-state index contributed by atoms with van der Waals surface area (Å²) in [5, 5.41) is 5.97. The molecule has 2 N–H and O–H groups in total. The monoisotopic (exact) mass is 414 g/mol. The highest BCUT2D eigenvalue weighted by molar-refractivity contribution is 5.82. The first kappa shape index (κ1) is 19.6. The Balaban J connectivity index is 1.44. The van der Waals surface area contributed by atoms with Gasteiger partial charge in [-0.05, 0) is 43.6 Å². The van der Waals surface area contributed by atoms with Gasteiger partial charge in [0.25, 0.3) is 0 Å². The first-order valence-corrected chi connectivity index (χ1v) is 10.8. The standard InChI is InChI=1S/C25H26N4O2/c26-25(30)19-10-12-28(13-11-19)16-21-17-29(15-18-6-2-1-3-7-18)27-24(21)23-14-20-8-4-5-9-22(20)31-23/h1-9,14,17,19H,10-13,15-16H2,(H2,26,30). The van der Waals surface area contributed by atoms with Gasteiger partial charge in [-0.3, -0.25) is 14.4 Å². The minimum Gasteiger partial charge on any atom is -0.454 e. The minimum absolute atomic E-state index is 0.00750. The normalized spacial score (nSPS) is 15.5. The highest BCUT2D eigenvalue weighted by Gasteiger charge is 2.25. The second-order valence-corrected chi connectivity index (χ2v) is 8.29. The lowest BCUT2D eigenvalue weighted by atomic mass is 9.96. The summed E-state index contributed by atoms with van der Waals surface area (Å²) >= 11 is 0. The summed E-state index contributed by atoms with van der Waals surface area (Å²) in [5.74, 6) is 0.597. The number of hydrogen-bond acceptors (Lipinski definition) is 4. The number of para-hydroxylation sites is 1. The van der Waals surface area contributed by atoms with Crippen molar-refractivity contribution in [1.29, 1.82) is 0 Å². The van der Waals surface area contributed by atoms with Gasteiger partial charge in [-0.1, -0.05) is 48.5 Å². The number of likely N-dealkylation sites (tertiary alicyclic amines) is 1. The zero-order valence-electron chi connectivity index (χ0n) is 17.4. The second-order valence-electron chi connectivity index (χ2n) is 8.29. The highest BCUT2D eigenvalue weighted by Crippen LogP contribution is 2.30. The van der Waals surface area contributed by atoms with Crippen molar-refractivity contribution < 1.29 is 9.21 Å². The van der Waals surface area contributed by atoms with Crippen molar-refractivity contribution in [3.05, 3.63) is 78.0 Å². The van der Waals surface area contributed by atoms with Gasteiger partial charge < -0.3 is 10.2 Å². The molecule has 4 aromatic rings. The number of nitrogens with two attached hydrogens (primary N) is 1. The molecular weight excluding hydrogens is 388 g/mol. The summed E-state index contributed by atoms with van der Waals surface area (Å²) < 4.78 is 8.13. The maximum absolute atomic E-state index is 11.5. The molecule has 0 atom stereocenters. The molecule has 2 aromatic heterocycles. The van der Waals surface area contributed by atoms with Crippen LogP contribution in [0, 0.1) is 5.92 Å². The minimum atomic E-state index is -0.182. The predicted molar refractivity (Wildman–Crippen MR) is 120 cm³/mol. The molecule has 0 spiro atoms. The number of carbonyl (C=O) groups excluding carboxylic acids is 1. The maximum atomic E-state index is 11.5. The summed E-state index contributed by atoms with van der Waals surface area (Å²) in [5.41, 5.74) is 9.57. The van der Waals surface area contributed by atoms with Crippen LogP contribution < -0.4 is 5.73 Å². The number of carbonyl (C=O) groups is 1. The fourth-order valence-corrected chi connectivity index (χ4v) is 4.35. The van der Waals surface area contributed by atoms with Crippen LogP contribution in [0.3, 0.4) is 0 Å². The summed E-state index contributed by atoms with van der Waals surface area (Å²) in [6.07, 6.45) is 3.75. The zero-order valence-corrected chi connectivity index (χ0v) is 17.4. The fourth-order valence-electron chi connectivity index (χ4n) is 4.35. The molecular formula is C25H26N4O2. The van der Waals surface area contributed by atoms with E-state index in [1.165, 1.54) is 5.56 Å². The number of fused-ring (bicyclic) bond motifs is 1. The van der Waals surface area contributed by atoms with Crippen LogP contribution in [0.4, 0.5) is 0 Å². The summed E-state index contributed by atoms with van der Waals surface area (Å²) in [7, 11) is 0. The Morgan fingerprint density at radius 2 is 1.77 bits per heavy atom. The molecule has 1 saturated heterocycles. The van der Waals surface area contributed by atoms with Crippen molar-refractivity contribution >= 4 is 16.9 Å². The van der Waals surface area contributed by atoms with Crippen LogP contribution >= 0.6 is 0 Å². The lowest BCUT2D eigenvalue weighted by molar-refractivity contribution is -0.123. The van der Waals surface area contributed by atoms with Crippen molar-refractivity contribution in [2.45, 2.75) is 25.9 Å². The molecule has 31 heavy (non-hydrogen) atoms. The van der Waals surface area contributed by atoms with Gasteiger partial charge in [-0.2, -0.15) is 5.10 Å². The van der Waals surface area contributed by atoms with E-state index in [2.05, 4.69) is 35.4 Å². The van der Waals surface area contributed by atoms with Crippen molar-refractivity contribution in [3.63, 3.8) is 0 Å². The van der Waals surface area contributed by atoms with Gasteiger partial charge in [0.05, 0.1) is 6.54 Å². The van der Waals surface area contributed by atoms with Gasteiger partial charge in [-0.15, -0.1) is 0 Å². The van der Waals surface area contributed by atoms with Gasteiger partial charge in [-0.25, -0.2) is 0 Å². The van der Waals surface area contributed by atoms with Crippen LogP contribution in [0.15, 0.2) is 71.3 Å². The van der Waals surface area contributed by atoms with E-state index >= 15 is 0 Å². The van der Waals surface area contributed by atoms with E-state index in [4.69, 9.17) is 15.2 Å². The van der Waals surface area contributed by atoms with Gasteiger partial charge >= 0.3 is 0 Å². The smallest absolute Gasteiger partial charge is 0.220 e. The third kappa shape index (κ3) is 4.25. The molecule has 0 unspecified atom stereocenters. The Hall–Kier alpha value is -3.38. The number of rotatable bonds is 6. The topological polar surface area (TPSA) is 77.3 Å². The van der Waals surface area contributed by atoms with Crippen molar-refractivity contribution in [1.82, 2.24) is 14.7 Å². The molecule has 0 aliphatic carbocycles. The Labute approximate surface area is 181 Å². The van der Waals surface area contributed by atoms with Crippen LogP contribution in [0.1, 0.15) is 24.0 Å². The Kier molecular flexibility index (Phi) is 5.30. The average Bonchev–Trinajstić information content (AvgIpc) is 3.38. The molecule has 6 nitrogen and oxygen atoms in total. The summed E-state index contributed by atoms with van der Waals surface area (Å²) in [6, 6.07) is 20.4. The molecule has 1 fully saturated rings. The van der Waals surface area contributed by atoms with E-state index in [1.54, 1.807) is 0 Å². The molecule has 0 saturated carbocycles. The van der Waals surface area contributed by atoms with Gasteiger partial charge in [0.2, 0.25) is 5.91 Å². The molecule has 2 aromatic carbocycles. The van der Waals surface area contributed by atoms with Crippen LogP contribution in [0.25, 0.3) is 22.4 Å². The molecule has 1 amide bonds. The number of primary amides is 1. The van der Waals surface area contributed by atoms with Gasteiger partial charge in [0, 0.05) is 29.6 Å². The Morgan fingerprint density at radius 1 is 1.03 bits per heavy atom. The number of benzene rings is 2. The molecule has 5 rings (SSSR count). The van der Waals surface area contributed by atoms with Crippen molar-refractivity contribution in [3.8, 4) is 11.5 Å². The number of piperidine rings is 1. The van der Waals surface area contributed by atoms with E-state index in [-0.39, 0.29) is 11.8 Å². The van der Waals surface area contributed by atoms with Gasteiger partial charge in [0.1, 0.15) is 11.3 Å². The van der Waals surface area contributed by atoms with Gasteiger partial charge in [0.15, 0.2) is 5.76 Å². The molecule has 1 aliphatic rings. The number of aromatic nitrogens is 2. The van der Waals surface area contributed by atoms with E-state index in [0.717, 1.165) is 60.5 Å². The number of nitrogens with zero attached hydrogens (tertiary/aromatic N) is 3. The third-order valence-corrected chi connectivity index (χ3v) is 6.07. The predicted octanol–water partition coefficient (Wildman–Crippen LogP) is 4.04. The number of furan rings is 1. The van der Waals surface area contributed by atoms with E-state index < -0.39 is 0 Å².